The van der Waals surface area contributed by atoms with Crippen LogP contribution in [0, 0.1) is 12.7 Å². The molecule has 1 N–H and O–H groups in total. The second-order valence-electron chi connectivity index (χ2n) is 5.51. The van der Waals surface area contributed by atoms with Gasteiger partial charge in [0.15, 0.2) is 0 Å². The van der Waals surface area contributed by atoms with Crippen molar-refractivity contribution >= 4 is 10.0 Å². The van der Waals surface area contributed by atoms with Crippen LogP contribution in [0.4, 0.5) is 4.39 Å². The maximum absolute atomic E-state index is 13.3. The Labute approximate surface area is 125 Å². The molecule has 5 nitrogen and oxygen atoms in total. The maximum Gasteiger partial charge on any atom is 0.240 e. The minimum atomic E-state index is -3.64. The monoisotopic (exact) mass is 315 g/mol. The first-order valence-electron chi connectivity index (χ1n) is 7.04. The molecule has 0 spiro atoms. The van der Waals surface area contributed by atoms with Gasteiger partial charge in [-0.1, -0.05) is 0 Å². The van der Waals surface area contributed by atoms with E-state index in [4.69, 9.17) is 0 Å². The van der Waals surface area contributed by atoms with Crippen LogP contribution in [-0.2, 0) is 10.0 Å². The SMILES string of the molecule is Cc1cc(F)cc(S(=O)(=O)NCCN2CCN(C)CC2)c1. The molecule has 0 aliphatic carbocycles. The van der Waals surface area contributed by atoms with Gasteiger partial charge in [-0.3, -0.25) is 4.90 Å². The van der Waals surface area contributed by atoms with Gasteiger partial charge in [0.05, 0.1) is 4.90 Å². The third-order valence-corrected chi connectivity index (χ3v) is 5.08. The summed E-state index contributed by atoms with van der Waals surface area (Å²) in [5.74, 6) is -0.533. The van der Waals surface area contributed by atoms with Crippen LogP contribution >= 0.6 is 0 Å². The molecule has 0 radical (unpaired) electrons. The van der Waals surface area contributed by atoms with Crippen molar-refractivity contribution in [1.82, 2.24) is 14.5 Å². The summed E-state index contributed by atoms with van der Waals surface area (Å²) in [4.78, 5) is 4.45. The molecule has 1 aromatic carbocycles. The largest absolute Gasteiger partial charge is 0.304 e. The number of likely N-dealkylation sites (N-methyl/N-ethyl adjacent to an activating group) is 1. The van der Waals surface area contributed by atoms with Crippen LogP contribution in [0.2, 0.25) is 0 Å². The zero-order valence-electron chi connectivity index (χ0n) is 12.5. The minimum Gasteiger partial charge on any atom is -0.304 e. The first-order chi connectivity index (χ1) is 9.87. The van der Waals surface area contributed by atoms with Crippen LogP contribution in [0.25, 0.3) is 0 Å². The predicted molar refractivity (Wildman–Crippen MR) is 80.3 cm³/mol. The van der Waals surface area contributed by atoms with E-state index >= 15 is 0 Å². The van der Waals surface area contributed by atoms with Gasteiger partial charge in [-0.15, -0.1) is 0 Å². The predicted octanol–water partition coefficient (Wildman–Crippen LogP) is 0.660. The first kappa shape index (κ1) is 16.4. The molecule has 2 rings (SSSR count). The number of nitrogens with one attached hydrogen (secondary N) is 1. The van der Waals surface area contributed by atoms with Gasteiger partial charge in [0.2, 0.25) is 10.0 Å². The summed E-state index contributed by atoms with van der Waals surface area (Å²) in [6.07, 6.45) is 0. The molecule has 118 valence electrons. The van der Waals surface area contributed by atoms with Gasteiger partial charge in [-0.05, 0) is 37.7 Å². The fourth-order valence-electron chi connectivity index (χ4n) is 2.35. The summed E-state index contributed by atoms with van der Waals surface area (Å²) in [5.41, 5.74) is 0.592. The molecule has 1 aliphatic rings. The quantitative estimate of drug-likeness (QED) is 0.867. The molecule has 1 heterocycles. The Bertz CT molecular complexity index is 564. The van der Waals surface area contributed by atoms with E-state index in [1.165, 1.54) is 12.1 Å². The molecule has 0 atom stereocenters. The van der Waals surface area contributed by atoms with E-state index in [0.717, 1.165) is 32.2 Å². The first-order valence-corrected chi connectivity index (χ1v) is 8.53. The van der Waals surface area contributed by atoms with E-state index in [1.807, 2.05) is 0 Å². The number of benzene rings is 1. The number of hydrogen-bond acceptors (Lipinski definition) is 4. The summed E-state index contributed by atoms with van der Waals surface area (Å²) >= 11 is 0. The zero-order chi connectivity index (χ0) is 15.5. The molecule has 1 aliphatic heterocycles. The van der Waals surface area contributed by atoms with Crippen LogP contribution < -0.4 is 4.72 Å². The highest BCUT2D eigenvalue weighted by Gasteiger charge is 2.17. The van der Waals surface area contributed by atoms with Gasteiger partial charge in [0, 0.05) is 39.3 Å². The van der Waals surface area contributed by atoms with Crippen LogP contribution in [-0.4, -0.2) is 64.5 Å². The van der Waals surface area contributed by atoms with E-state index < -0.39 is 15.8 Å². The number of piperazine rings is 1. The van der Waals surface area contributed by atoms with Crippen molar-refractivity contribution in [3.8, 4) is 0 Å². The Morgan fingerprint density at radius 2 is 1.86 bits per heavy atom. The summed E-state index contributed by atoms with van der Waals surface area (Å²) in [5, 5.41) is 0. The summed E-state index contributed by atoms with van der Waals surface area (Å²) in [6.45, 7) is 6.55. The summed E-state index contributed by atoms with van der Waals surface area (Å²) in [7, 11) is -1.57. The number of sulfonamides is 1. The number of halogens is 1. The van der Waals surface area contributed by atoms with Crippen molar-refractivity contribution in [1.29, 1.82) is 0 Å². The number of aryl methyl sites for hydroxylation is 1. The molecule has 0 aromatic heterocycles. The van der Waals surface area contributed by atoms with E-state index in [1.54, 1.807) is 6.92 Å². The topological polar surface area (TPSA) is 52.7 Å². The van der Waals surface area contributed by atoms with E-state index in [0.29, 0.717) is 18.7 Å². The van der Waals surface area contributed by atoms with Crippen LogP contribution in [0.3, 0.4) is 0 Å². The highest BCUT2D eigenvalue weighted by atomic mass is 32.2. The zero-order valence-corrected chi connectivity index (χ0v) is 13.3. The molecular weight excluding hydrogens is 293 g/mol. The Morgan fingerprint density at radius 1 is 1.19 bits per heavy atom. The van der Waals surface area contributed by atoms with Crippen molar-refractivity contribution in [2.75, 3.05) is 46.3 Å². The van der Waals surface area contributed by atoms with E-state index in [2.05, 4.69) is 21.6 Å². The Balaban J connectivity index is 1.89. The standard InChI is InChI=1S/C14H22FN3O2S/c1-12-9-13(15)11-14(10-12)21(19,20)16-3-4-18-7-5-17(2)6-8-18/h9-11,16H,3-8H2,1-2H3. The number of hydrogen-bond donors (Lipinski definition) is 1. The number of rotatable bonds is 5. The second-order valence-corrected chi connectivity index (χ2v) is 7.27. The molecular formula is C14H22FN3O2S. The minimum absolute atomic E-state index is 0.0154. The van der Waals surface area contributed by atoms with Crippen LogP contribution in [0.1, 0.15) is 5.56 Å². The smallest absolute Gasteiger partial charge is 0.240 e. The van der Waals surface area contributed by atoms with E-state index in [9.17, 15) is 12.8 Å². The highest BCUT2D eigenvalue weighted by molar-refractivity contribution is 7.89. The fourth-order valence-corrected chi connectivity index (χ4v) is 3.49. The van der Waals surface area contributed by atoms with Crippen molar-refractivity contribution in [2.45, 2.75) is 11.8 Å². The Kier molecular flexibility index (Phi) is 5.32. The maximum atomic E-state index is 13.3. The van der Waals surface area contributed by atoms with Crippen LogP contribution in [0.5, 0.6) is 0 Å². The lowest BCUT2D eigenvalue weighted by Crippen LogP contribution is -2.46. The number of nitrogens with zero attached hydrogens (tertiary/aromatic N) is 2. The normalized spacial score (nSPS) is 18.0. The molecule has 7 heteroatoms. The van der Waals surface area contributed by atoms with Crippen LogP contribution in [0.15, 0.2) is 23.1 Å². The fraction of sp³-hybridized carbons (Fsp3) is 0.571. The molecule has 1 aromatic rings. The summed E-state index contributed by atoms with van der Waals surface area (Å²) in [6, 6.07) is 3.83. The molecule has 1 fully saturated rings. The lowest BCUT2D eigenvalue weighted by Gasteiger charge is -2.32. The molecule has 1 saturated heterocycles. The van der Waals surface area contributed by atoms with Crippen molar-refractivity contribution in [3.05, 3.63) is 29.6 Å². The summed E-state index contributed by atoms with van der Waals surface area (Å²) < 4.78 is 40.1. The highest BCUT2D eigenvalue weighted by Crippen LogP contribution is 2.13. The molecule has 0 saturated carbocycles. The van der Waals surface area contributed by atoms with Crippen molar-refractivity contribution in [2.24, 2.45) is 0 Å². The molecule has 0 amide bonds. The van der Waals surface area contributed by atoms with Gasteiger partial charge in [-0.25, -0.2) is 17.5 Å². The lowest BCUT2D eigenvalue weighted by atomic mass is 10.2. The van der Waals surface area contributed by atoms with Gasteiger partial charge in [-0.2, -0.15) is 0 Å². The average Bonchev–Trinajstić information content (AvgIpc) is 2.40. The van der Waals surface area contributed by atoms with Gasteiger partial charge < -0.3 is 4.90 Å². The molecule has 0 unspecified atom stereocenters. The average molecular weight is 315 g/mol. The lowest BCUT2D eigenvalue weighted by molar-refractivity contribution is 0.156. The van der Waals surface area contributed by atoms with Gasteiger partial charge in [0.1, 0.15) is 5.82 Å². The van der Waals surface area contributed by atoms with Gasteiger partial charge in [0.25, 0.3) is 0 Å². The third kappa shape index (κ3) is 4.74. The Morgan fingerprint density at radius 3 is 2.48 bits per heavy atom. The van der Waals surface area contributed by atoms with E-state index in [-0.39, 0.29) is 4.90 Å². The Hall–Kier alpha value is -1.02. The van der Waals surface area contributed by atoms with Gasteiger partial charge >= 0.3 is 0 Å². The molecule has 21 heavy (non-hydrogen) atoms. The molecule has 0 bridgehead atoms. The van der Waals surface area contributed by atoms with Crippen molar-refractivity contribution < 1.29 is 12.8 Å². The second kappa shape index (κ2) is 6.83. The third-order valence-electron chi connectivity index (χ3n) is 3.64. The van der Waals surface area contributed by atoms with Crippen molar-refractivity contribution in [3.63, 3.8) is 0 Å².